The van der Waals surface area contributed by atoms with Gasteiger partial charge in [-0.1, -0.05) is 0 Å². The minimum Gasteiger partial charge on any atom is -0.486 e. The SMILES string of the molecule is Brc1cc2c(cc1NCc1ccn[nH]1)OCCO2. The van der Waals surface area contributed by atoms with Crippen LogP contribution in [0.1, 0.15) is 5.69 Å². The van der Waals surface area contributed by atoms with Gasteiger partial charge in [0.25, 0.3) is 0 Å². The number of halogens is 1. The van der Waals surface area contributed by atoms with Crippen molar-refractivity contribution in [3.8, 4) is 11.5 Å². The van der Waals surface area contributed by atoms with Crippen molar-refractivity contribution >= 4 is 21.6 Å². The average Bonchev–Trinajstić information content (AvgIpc) is 2.89. The number of hydrogen-bond donors (Lipinski definition) is 2. The van der Waals surface area contributed by atoms with E-state index in [9.17, 15) is 0 Å². The molecule has 0 amide bonds. The van der Waals surface area contributed by atoms with Crippen molar-refractivity contribution in [2.24, 2.45) is 0 Å². The summed E-state index contributed by atoms with van der Waals surface area (Å²) in [5.74, 6) is 1.55. The highest BCUT2D eigenvalue weighted by atomic mass is 79.9. The normalized spacial score (nSPS) is 13.4. The number of aromatic nitrogens is 2. The highest BCUT2D eigenvalue weighted by Gasteiger charge is 2.14. The molecule has 6 heteroatoms. The predicted molar refractivity (Wildman–Crippen MR) is 71.0 cm³/mol. The third-order valence-electron chi connectivity index (χ3n) is 2.66. The molecule has 2 aromatic rings. The summed E-state index contributed by atoms with van der Waals surface area (Å²) in [5, 5.41) is 10.1. The van der Waals surface area contributed by atoms with Gasteiger partial charge in [-0.2, -0.15) is 5.10 Å². The van der Waals surface area contributed by atoms with E-state index in [0.29, 0.717) is 19.8 Å². The van der Waals surface area contributed by atoms with E-state index >= 15 is 0 Å². The zero-order chi connectivity index (χ0) is 12.4. The second-order valence-corrected chi connectivity index (χ2v) is 4.77. The van der Waals surface area contributed by atoms with Gasteiger partial charge in [0.15, 0.2) is 11.5 Å². The van der Waals surface area contributed by atoms with Gasteiger partial charge in [0.1, 0.15) is 13.2 Å². The molecular weight excluding hydrogens is 298 g/mol. The Morgan fingerprint density at radius 1 is 1.28 bits per heavy atom. The summed E-state index contributed by atoms with van der Waals surface area (Å²) in [5.41, 5.74) is 1.99. The second-order valence-electron chi connectivity index (χ2n) is 3.91. The van der Waals surface area contributed by atoms with Crippen LogP contribution in [-0.4, -0.2) is 23.4 Å². The van der Waals surface area contributed by atoms with E-state index in [0.717, 1.165) is 27.4 Å². The summed E-state index contributed by atoms with van der Waals surface area (Å²) in [6, 6.07) is 5.79. The van der Waals surface area contributed by atoms with E-state index in [-0.39, 0.29) is 0 Å². The fourth-order valence-corrected chi connectivity index (χ4v) is 2.24. The number of ether oxygens (including phenoxy) is 2. The van der Waals surface area contributed by atoms with Crippen molar-refractivity contribution in [3.63, 3.8) is 0 Å². The maximum atomic E-state index is 5.55. The molecule has 2 heterocycles. The first kappa shape index (κ1) is 11.4. The van der Waals surface area contributed by atoms with Crippen molar-refractivity contribution < 1.29 is 9.47 Å². The minimum absolute atomic E-state index is 0.592. The molecule has 0 bridgehead atoms. The number of anilines is 1. The molecule has 0 aliphatic carbocycles. The molecule has 0 saturated heterocycles. The molecule has 18 heavy (non-hydrogen) atoms. The van der Waals surface area contributed by atoms with E-state index in [1.54, 1.807) is 6.20 Å². The monoisotopic (exact) mass is 309 g/mol. The average molecular weight is 310 g/mol. The first-order chi connectivity index (χ1) is 8.83. The quantitative estimate of drug-likeness (QED) is 0.915. The van der Waals surface area contributed by atoms with Gasteiger partial charge in [-0.05, 0) is 22.0 Å². The molecule has 94 valence electrons. The molecule has 2 N–H and O–H groups in total. The summed E-state index contributed by atoms with van der Waals surface area (Å²) in [6.45, 7) is 1.87. The molecule has 0 unspecified atom stereocenters. The molecule has 0 fully saturated rings. The molecule has 1 aliphatic rings. The maximum absolute atomic E-state index is 5.55. The fraction of sp³-hybridized carbons (Fsp3) is 0.250. The van der Waals surface area contributed by atoms with E-state index in [1.165, 1.54) is 0 Å². The zero-order valence-electron chi connectivity index (χ0n) is 9.57. The largest absolute Gasteiger partial charge is 0.486 e. The third kappa shape index (κ3) is 2.28. The first-order valence-electron chi connectivity index (χ1n) is 5.64. The molecule has 0 atom stereocenters. The number of nitrogens with one attached hydrogen (secondary N) is 2. The third-order valence-corrected chi connectivity index (χ3v) is 3.32. The second kappa shape index (κ2) is 4.89. The number of hydrogen-bond acceptors (Lipinski definition) is 4. The molecule has 0 saturated carbocycles. The van der Waals surface area contributed by atoms with E-state index < -0.39 is 0 Å². The Hall–Kier alpha value is -1.69. The van der Waals surface area contributed by atoms with Crippen LogP contribution >= 0.6 is 15.9 Å². The molecule has 1 aliphatic heterocycles. The lowest BCUT2D eigenvalue weighted by Gasteiger charge is -2.20. The van der Waals surface area contributed by atoms with Gasteiger partial charge < -0.3 is 14.8 Å². The summed E-state index contributed by atoms with van der Waals surface area (Å²) in [4.78, 5) is 0. The molecular formula is C12H12BrN3O2. The highest BCUT2D eigenvalue weighted by molar-refractivity contribution is 9.10. The van der Waals surface area contributed by atoms with E-state index in [4.69, 9.17) is 9.47 Å². The predicted octanol–water partition coefficient (Wildman–Crippen LogP) is 2.56. The van der Waals surface area contributed by atoms with Crippen molar-refractivity contribution in [2.75, 3.05) is 18.5 Å². The smallest absolute Gasteiger partial charge is 0.163 e. The van der Waals surface area contributed by atoms with Crippen LogP contribution in [0.3, 0.4) is 0 Å². The van der Waals surface area contributed by atoms with Gasteiger partial charge in [-0.25, -0.2) is 0 Å². The van der Waals surface area contributed by atoms with Crippen LogP contribution in [-0.2, 0) is 6.54 Å². The van der Waals surface area contributed by atoms with Gasteiger partial charge in [-0.15, -0.1) is 0 Å². The van der Waals surface area contributed by atoms with Crippen LogP contribution in [0.15, 0.2) is 28.9 Å². The Balaban J connectivity index is 1.79. The number of H-pyrrole nitrogens is 1. The number of nitrogens with zero attached hydrogens (tertiary/aromatic N) is 1. The highest BCUT2D eigenvalue weighted by Crippen LogP contribution is 2.38. The number of fused-ring (bicyclic) bond motifs is 1. The molecule has 3 rings (SSSR count). The molecule has 1 aromatic carbocycles. The van der Waals surface area contributed by atoms with Crippen LogP contribution in [0, 0.1) is 0 Å². The van der Waals surface area contributed by atoms with Gasteiger partial charge >= 0.3 is 0 Å². The summed E-state index contributed by atoms with van der Waals surface area (Å²) in [7, 11) is 0. The molecule has 1 aromatic heterocycles. The first-order valence-corrected chi connectivity index (χ1v) is 6.43. The van der Waals surface area contributed by atoms with Crippen LogP contribution in [0.25, 0.3) is 0 Å². The lowest BCUT2D eigenvalue weighted by Crippen LogP contribution is -2.15. The Morgan fingerprint density at radius 2 is 2.06 bits per heavy atom. The van der Waals surface area contributed by atoms with Crippen molar-refractivity contribution in [1.29, 1.82) is 0 Å². The van der Waals surface area contributed by atoms with E-state index in [2.05, 4.69) is 31.4 Å². The number of aromatic amines is 1. The van der Waals surface area contributed by atoms with Gasteiger partial charge in [-0.3, -0.25) is 5.10 Å². The van der Waals surface area contributed by atoms with Gasteiger partial charge in [0.2, 0.25) is 0 Å². The molecule has 0 radical (unpaired) electrons. The maximum Gasteiger partial charge on any atom is 0.163 e. The topological polar surface area (TPSA) is 59.2 Å². The minimum atomic E-state index is 0.592. The zero-order valence-corrected chi connectivity index (χ0v) is 11.2. The van der Waals surface area contributed by atoms with E-state index in [1.807, 2.05) is 18.2 Å². The van der Waals surface area contributed by atoms with Crippen molar-refractivity contribution in [2.45, 2.75) is 6.54 Å². The van der Waals surface area contributed by atoms with Crippen molar-refractivity contribution in [3.05, 3.63) is 34.6 Å². The van der Waals surface area contributed by atoms with Crippen LogP contribution in [0.4, 0.5) is 5.69 Å². The standard InChI is InChI=1S/C12H12BrN3O2/c13-9-5-11-12(18-4-3-17-11)6-10(9)14-7-8-1-2-15-16-8/h1-2,5-6,14H,3-4,7H2,(H,15,16). The van der Waals surface area contributed by atoms with Crippen LogP contribution in [0.5, 0.6) is 11.5 Å². The lowest BCUT2D eigenvalue weighted by molar-refractivity contribution is 0.171. The molecule has 5 nitrogen and oxygen atoms in total. The number of rotatable bonds is 3. The fourth-order valence-electron chi connectivity index (χ4n) is 1.77. The summed E-state index contributed by atoms with van der Waals surface area (Å²) < 4.78 is 12.0. The Kier molecular flexibility index (Phi) is 3.10. The Morgan fingerprint density at radius 3 is 2.78 bits per heavy atom. The Labute approximate surface area is 113 Å². The molecule has 0 spiro atoms. The van der Waals surface area contributed by atoms with Crippen LogP contribution in [0.2, 0.25) is 0 Å². The Bertz CT molecular complexity index is 543. The summed E-state index contributed by atoms with van der Waals surface area (Å²) in [6.07, 6.45) is 1.73. The number of benzene rings is 1. The van der Waals surface area contributed by atoms with Crippen molar-refractivity contribution in [1.82, 2.24) is 10.2 Å². The van der Waals surface area contributed by atoms with Gasteiger partial charge in [0.05, 0.1) is 17.9 Å². The van der Waals surface area contributed by atoms with Crippen LogP contribution < -0.4 is 14.8 Å². The lowest BCUT2D eigenvalue weighted by atomic mass is 10.2. The van der Waals surface area contributed by atoms with Gasteiger partial charge in [0, 0.05) is 22.8 Å². The summed E-state index contributed by atoms with van der Waals surface area (Å²) >= 11 is 3.52.